The summed E-state index contributed by atoms with van der Waals surface area (Å²) in [5.74, 6) is -0.141. The van der Waals surface area contributed by atoms with Crippen LogP contribution < -0.4 is 5.32 Å². The van der Waals surface area contributed by atoms with Crippen molar-refractivity contribution < 1.29 is 4.39 Å². The van der Waals surface area contributed by atoms with Gasteiger partial charge in [-0.2, -0.15) is 0 Å². The summed E-state index contributed by atoms with van der Waals surface area (Å²) in [5, 5.41) is 3.39. The predicted octanol–water partition coefficient (Wildman–Crippen LogP) is 4.40. The second kappa shape index (κ2) is 6.67. The molecule has 1 nitrogen and oxygen atoms in total. The van der Waals surface area contributed by atoms with E-state index in [-0.39, 0.29) is 11.9 Å². The zero-order chi connectivity index (χ0) is 14.5. The first-order valence-electron chi connectivity index (χ1n) is 7.24. The lowest BCUT2D eigenvalue weighted by Crippen LogP contribution is -2.23. The van der Waals surface area contributed by atoms with Crippen molar-refractivity contribution in [1.29, 1.82) is 0 Å². The summed E-state index contributed by atoms with van der Waals surface area (Å²) in [4.78, 5) is 0. The van der Waals surface area contributed by atoms with Gasteiger partial charge in [0.05, 0.1) is 6.04 Å². The van der Waals surface area contributed by atoms with Crippen molar-refractivity contribution in [3.05, 3.63) is 70.5 Å². The van der Waals surface area contributed by atoms with E-state index >= 15 is 0 Å². The van der Waals surface area contributed by atoms with Gasteiger partial charge in [0, 0.05) is 5.56 Å². The van der Waals surface area contributed by atoms with E-state index in [1.165, 1.54) is 5.56 Å². The summed E-state index contributed by atoms with van der Waals surface area (Å²) in [6.07, 6.45) is 0.989. The summed E-state index contributed by atoms with van der Waals surface area (Å²) in [6, 6.07) is 13.7. The Bertz CT molecular complexity index is 577. The highest BCUT2D eigenvalue weighted by molar-refractivity contribution is 5.36. The number of hydrogen-bond acceptors (Lipinski definition) is 1. The molecule has 0 amide bonds. The van der Waals surface area contributed by atoms with Gasteiger partial charge in [-0.25, -0.2) is 4.39 Å². The first kappa shape index (κ1) is 14.7. The average Bonchev–Trinajstić information content (AvgIpc) is 2.45. The van der Waals surface area contributed by atoms with Crippen LogP contribution in [0.25, 0.3) is 0 Å². The fourth-order valence-electron chi connectivity index (χ4n) is 2.47. The van der Waals surface area contributed by atoms with E-state index in [2.05, 4.69) is 30.4 Å². The highest BCUT2D eigenvalue weighted by Gasteiger charge is 2.17. The minimum absolute atomic E-state index is 0.0906. The van der Waals surface area contributed by atoms with Crippen molar-refractivity contribution >= 4 is 0 Å². The van der Waals surface area contributed by atoms with Crippen LogP contribution in [0.3, 0.4) is 0 Å². The molecule has 20 heavy (non-hydrogen) atoms. The van der Waals surface area contributed by atoms with Crippen molar-refractivity contribution in [2.75, 3.05) is 6.54 Å². The van der Waals surface area contributed by atoms with Crippen molar-refractivity contribution in [2.24, 2.45) is 0 Å². The van der Waals surface area contributed by atoms with Crippen LogP contribution in [0.4, 0.5) is 4.39 Å². The fourth-order valence-corrected chi connectivity index (χ4v) is 2.47. The van der Waals surface area contributed by atoms with Crippen LogP contribution in [0.2, 0.25) is 0 Å². The summed E-state index contributed by atoms with van der Waals surface area (Å²) >= 11 is 0. The molecule has 0 aliphatic carbocycles. The number of halogens is 1. The maximum absolute atomic E-state index is 14.3. The lowest BCUT2D eigenvalue weighted by molar-refractivity contribution is 0.558. The molecule has 0 aromatic heterocycles. The summed E-state index contributed by atoms with van der Waals surface area (Å²) in [6.45, 7) is 6.89. The molecule has 2 aromatic rings. The molecule has 2 rings (SSSR count). The third-order valence-corrected chi connectivity index (χ3v) is 3.57. The molecule has 0 bridgehead atoms. The number of hydrogen-bond donors (Lipinski definition) is 1. The summed E-state index contributed by atoms with van der Waals surface area (Å²) in [7, 11) is 0. The Morgan fingerprint density at radius 2 is 1.90 bits per heavy atom. The van der Waals surface area contributed by atoms with Crippen molar-refractivity contribution in [3.8, 4) is 0 Å². The third-order valence-electron chi connectivity index (χ3n) is 3.57. The van der Waals surface area contributed by atoms with Gasteiger partial charge in [0.2, 0.25) is 0 Å². The highest BCUT2D eigenvalue weighted by Crippen LogP contribution is 2.26. The minimum atomic E-state index is -0.141. The Morgan fingerprint density at radius 1 is 1.10 bits per heavy atom. The van der Waals surface area contributed by atoms with E-state index in [4.69, 9.17) is 0 Å². The molecule has 1 unspecified atom stereocenters. The lowest BCUT2D eigenvalue weighted by atomic mass is 9.95. The fraction of sp³-hybridized carbons (Fsp3) is 0.333. The number of aryl methyl sites for hydroxylation is 2. The molecule has 1 atom stereocenters. The molecule has 0 saturated heterocycles. The second-order valence-electron chi connectivity index (χ2n) is 5.11. The smallest absolute Gasteiger partial charge is 0.128 e. The minimum Gasteiger partial charge on any atom is -0.306 e. The molecule has 0 saturated carbocycles. The highest BCUT2D eigenvalue weighted by atomic mass is 19.1. The van der Waals surface area contributed by atoms with Crippen molar-refractivity contribution in [1.82, 2.24) is 5.32 Å². The van der Waals surface area contributed by atoms with Gasteiger partial charge < -0.3 is 5.32 Å². The molecule has 0 spiro atoms. The van der Waals surface area contributed by atoms with E-state index < -0.39 is 0 Å². The molecule has 0 fully saturated rings. The molecule has 0 aliphatic heterocycles. The maximum Gasteiger partial charge on any atom is 0.128 e. The molecule has 1 N–H and O–H groups in total. The maximum atomic E-state index is 14.3. The Labute approximate surface area is 120 Å². The van der Waals surface area contributed by atoms with Gasteiger partial charge >= 0.3 is 0 Å². The van der Waals surface area contributed by atoms with Crippen LogP contribution >= 0.6 is 0 Å². The van der Waals surface area contributed by atoms with Gasteiger partial charge in [-0.3, -0.25) is 0 Å². The normalized spacial score (nSPS) is 12.4. The number of rotatable bonds is 5. The topological polar surface area (TPSA) is 12.0 Å². The third kappa shape index (κ3) is 3.26. The Hall–Kier alpha value is -1.67. The first-order valence-corrected chi connectivity index (χ1v) is 7.24. The van der Waals surface area contributed by atoms with Crippen LogP contribution in [0.5, 0.6) is 0 Å². The zero-order valence-corrected chi connectivity index (χ0v) is 12.4. The molecule has 106 valence electrons. The van der Waals surface area contributed by atoms with E-state index in [1.54, 1.807) is 6.07 Å². The van der Waals surface area contributed by atoms with Crippen LogP contribution in [0.15, 0.2) is 42.5 Å². The Kier molecular flexibility index (Phi) is 4.91. The van der Waals surface area contributed by atoms with Gasteiger partial charge in [-0.15, -0.1) is 0 Å². The quantitative estimate of drug-likeness (QED) is 0.850. The van der Waals surface area contributed by atoms with E-state index in [0.29, 0.717) is 5.56 Å². The van der Waals surface area contributed by atoms with Gasteiger partial charge in [-0.1, -0.05) is 50.2 Å². The van der Waals surface area contributed by atoms with Gasteiger partial charge in [0.25, 0.3) is 0 Å². The molecule has 0 aliphatic rings. The van der Waals surface area contributed by atoms with Crippen molar-refractivity contribution in [2.45, 2.75) is 33.2 Å². The van der Waals surface area contributed by atoms with Gasteiger partial charge in [0.15, 0.2) is 0 Å². The van der Waals surface area contributed by atoms with Crippen LogP contribution in [0, 0.1) is 12.7 Å². The lowest BCUT2D eigenvalue weighted by Gasteiger charge is -2.20. The first-order chi connectivity index (χ1) is 9.65. The van der Waals surface area contributed by atoms with Crippen LogP contribution in [-0.4, -0.2) is 6.54 Å². The van der Waals surface area contributed by atoms with Gasteiger partial charge in [-0.05, 0) is 42.6 Å². The number of nitrogens with one attached hydrogen (secondary N) is 1. The van der Waals surface area contributed by atoms with Crippen molar-refractivity contribution in [3.63, 3.8) is 0 Å². The summed E-state index contributed by atoms with van der Waals surface area (Å²) < 4.78 is 14.3. The molecular formula is C18H22FN. The summed E-state index contributed by atoms with van der Waals surface area (Å²) in [5.41, 5.74) is 4.06. The van der Waals surface area contributed by atoms with E-state index in [9.17, 15) is 4.39 Å². The zero-order valence-electron chi connectivity index (χ0n) is 12.4. The number of benzene rings is 2. The van der Waals surface area contributed by atoms with E-state index in [1.807, 2.05) is 32.0 Å². The monoisotopic (exact) mass is 271 g/mol. The molecule has 2 heteroatoms. The Morgan fingerprint density at radius 3 is 2.55 bits per heavy atom. The van der Waals surface area contributed by atoms with Gasteiger partial charge in [0.1, 0.15) is 5.82 Å². The SMILES string of the molecule is CCNC(c1cccc(CC)c1)c1ccc(C)cc1F. The van der Waals surface area contributed by atoms with Crippen LogP contribution in [-0.2, 0) is 6.42 Å². The average molecular weight is 271 g/mol. The van der Waals surface area contributed by atoms with Crippen LogP contribution in [0.1, 0.15) is 42.1 Å². The second-order valence-corrected chi connectivity index (χ2v) is 5.11. The standard InChI is InChI=1S/C18H22FN/c1-4-14-7-6-8-15(12-14)18(20-5-2)16-10-9-13(3)11-17(16)19/h6-12,18,20H,4-5H2,1-3H3. The Balaban J connectivity index is 2.44. The largest absolute Gasteiger partial charge is 0.306 e. The molecule has 0 radical (unpaired) electrons. The predicted molar refractivity (Wildman–Crippen MR) is 82.5 cm³/mol. The molecule has 0 heterocycles. The molecule has 2 aromatic carbocycles. The molecular weight excluding hydrogens is 249 g/mol. The van der Waals surface area contributed by atoms with E-state index in [0.717, 1.165) is 24.1 Å².